The van der Waals surface area contributed by atoms with E-state index in [2.05, 4.69) is 21.9 Å². The SMILES string of the molecule is C=CCn1c(SCc2cc(C)on2)nnc1-c1ccccc1OC. The summed E-state index contributed by atoms with van der Waals surface area (Å²) in [4.78, 5) is 0. The van der Waals surface area contributed by atoms with E-state index in [1.807, 2.05) is 47.9 Å². The number of benzene rings is 1. The first kappa shape index (κ1) is 16.3. The normalized spacial score (nSPS) is 10.8. The van der Waals surface area contributed by atoms with Crippen LogP contribution in [0.5, 0.6) is 5.75 Å². The molecule has 0 fully saturated rings. The molecule has 0 spiro atoms. The van der Waals surface area contributed by atoms with Gasteiger partial charge in [-0.3, -0.25) is 4.57 Å². The van der Waals surface area contributed by atoms with Crippen LogP contribution in [0.15, 0.2) is 52.7 Å². The molecule has 124 valence electrons. The molecule has 0 unspecified atom stereocenters. The van der Waals surface area contributed by atoms with E-state index in [-0.39, 0.29) is 0 Å². The molecular weight excluding hydrogens is 324 g/mol. The average molecular weight is 342 g/mol. The number of para-hydroxylation sites is 1. The summed E-state index contributed by atoms with van der Waals surface area (Å²) in [6, 6.07) is 9.68. The number of thioether (sulfide) groups is 1. The van der Waals surface area contributed by atoms with Gasteiger partial charge in [-0.25, -0.2) is 0 Å². The second kappa shape index (κ2) is 7.35. The third-order valence-corrected chi connectivity index (χ3v) is 4.40. The Bertz CT molecular complexity index is 841. The van der Waals surface area contributed by atoms with Crippen molar-refractivity contribution in [3.05, 3.63) is 54.4 Å². The summed E-state index contributed by atoms with van der Waals surface area (Å²) < 4.78 is 12.6. The van der Waals surface area contributed by atoms with E-state index in [1.54, 1.807) is 18.9 Å². The standard InChI is InChI=1S/C17H18N4O2S/c1-4-9-21-16(14-7-5-6-8-15(14)22-3)18-19-17(21)24-11-13-10-12(2)23-20-13/h4-8,10H,1,9,11H2,2-3H3. The maximum Gasteiger partial charge on any atom is 0.192 e. The Balaban J connectivity index is 1.91. The molecule has 2 heterocycles. The minimum absolute atomic E-state index is 0.612. The summed E-state index contributed by atoms with van der Waals surface area (Å²) >= 11 is 1.56. The first-order chi connectivity index (χ1) is 11.7. The van der Waals surface area contributed by atoms with Crippen LogP contribution in [0.2, 0.25) is 0 Å². The fraction of sp³-hybridized carbons (Fsp3) is 0.235. The predicted molar refractivity (Wildman–Crippen MR) is 93.0 cm³/mol. The summed E-state index contributed by atoms with van der Waals surface area (Å²) in [5.41, 5.74) is 1.78. The number of rotatable bonds is 7. The molecule has 0 saturated heterocycles. The first-order valence-electron chi connectivity index (χ1n) is 7.45. The Kier molecular flexibility index (Phi) is 5.00. The van der Waals surface area contributed by atoms with Crippen LogP contribution in [0.4, 0.5) is 0 Å². The van der Waals surface area contributed by atoms with Crippen molar-refractivity contribution in [2.45, 2.75) is 24.4 Å². The van der Waals surface area contributed by atoms with Crippen molar-refractivity contribution in [2.24, 2.45) is 0 Å². The number of hydrogen-bond donors (Lipinski definition) is 0. The largest absolute Gasteiger partial charge is 0.496 e. The number of allylic oxidation sites excluding steroid dienone is 1. The van der Waals surface area contributed by atoms with Crippen molar-refractivity contribution in [1.82, 2.24) is 19.9 Å². The van der Waals surface area contributed by atoms with E-state index >= 15 is 0 Å². The summed E-state index contributed by atoms with van der Waals surface area (Å²) in [6.07, 6.45) is 1.83. The van der Waals surface area contributed by atoms with Crippen LogP contribution in [-0.4, -0.2) is 27.0 Å². The van der Waals surface area contributed by atoms with Crippen LogP contribution in [0.25, 0.3) is 11.4 Å². The van der Waals surface area contributed by atoms with Gasteiger partial charge in [0.05, 0.1) is 18.4 Å². The smallest absolute Gasteiger partial charge is 0.192 e. The van der Waals surface area contributed by atoms with Crippen molar-refractivity contribution in [1.29, 1.82) is 0 Å². The lowest BCUT2D eigenvalue weighted by Crippen LogP contribution is -2.01. The van der Waals surface area contributed by atoms with Crippen molar-refractivity contribution in [3.8, 4) is 17.1 Å². The van der Waals surface area contributed by atoms with Crippen LogP contribution >= 0.6 is 11.8 Å². The van der Waals surface area contributed by atoms with E-state index < -0.39 is 0 Å². The topological polar surface area (TPSA) is 66.0 Å². The maximum absolute atomic E-state index is 5.44. The van der Waals surface area contributed by atoms with Crippen LogP contribution in [0.1, 0.15) is 11.5 Å². The number of nitrogens with zero attached hydrogens (tertiary/aromatic N) is 4. The molecule has 7 heteroatoms. The molecule has 2 aromatic heterocycles. The molecule has 1 aromatic carbocycles. The average Bonchev–Trinajstić information content (AvgIpc) is 3.19. The van der Waals surface area contributed by atoms with E-state index in [0.717, 1.165) is 33.7 Å². The van der Waals surface area contributed by atoms with E-state index in [9.17, 15) is 0 Å². The highest BCUT2D eigenvalue weighted by molar-refractivity contribution is 7.98. The third-order valence-electron chi connectivity index (χ3n) is 3.40. The molecule has 0 saturated carbocycles. The molecule has 3 aromatic rings. The van der Waals surface area contributed by atoms with E-state index in [1.165, 1.54) is 0 Å². The fourth-order valence-corrected chi connectivity index (χ4v) is 3.17. The van der Waals surface area contributed by atoms with Gasteiger partial charge in [0.15, 0.2) is 11.0 Å². The summed E-state index contributed by atoms with van der Waals surface area (Å²) in [7, 11) is 1.65. The number of aryl methyl sites for hydroxylation is 1. The second-order valence-corrected chi connectivity index (χ2v) is 6.07. The van der Waals surface area contributed by atoms with E-state index in [4.69, 9.17) is 9.26 Å². The Morgan fingerprint density at radius 2 is 2.17 bits per heavy atom. The summed E-state index contributed by atoms with van der Waals surface area (Å²) in [5.74, 6) is 2.98. The fourth-order valence-electron chi connectivity index (χ4n) is 2.34. The third kappa shape index (κ3) is 3.35. The van der Waals surface area contributed by atoms with Gasteiger partial charge in [0.1, 0.15) is 11.5 Å². The zero-order chi connectivity index (χ0) is 16.9. The van der Waals surface area contributed by atoms with Gasteiger partial charge in [0.2, 0.25) is 0 Å². The van der Waals surface area contributed by atoms with Gasteiger partial charge in [-0.05, 0) is 19.1 Å². The van der Waals surface area contributed by atoms with Crippen molar-refractivity contribution >= 4 is 11.8 Å². The molecule has 24 heavy (non-hydrogen) atoms. The van der Waals surface area contributed by atoms with Crippen molar-refractivity contribution in [3.63, 3.8) is 0 Å². The monoisotopic (exact) mass is 342 g/mol. The summed E-state index contributed by atoms with van der Waals surface area (Å²) in [5, 5.41) is 13.5. The summed E-state index contributed by atoms with van der Waals surface area (Å²) in [6.45, 7) is 6.32. The molecule has 0 atom stereocenters. The highest BCUT2D eigenvalue weighted by Crippen LogP contribution is 2.31. The molecule has 0 aliphatic rings. The van der Waals surface area contributed by atoms with Gasteiger partial charge in [-0.1, -0.05) is 35.1 Å². The quantitative estimate of drug-likeness (QED) is 0.481. The van der Waals surface area contributed by atoms with Gasteiger partial charge >= 0.3 is 0 Å². The lowest BCUT2D eigenvalue weighted by molar-refractivity contribution is 0.393. The predicted octanol–water partition coefficient (Wildman–Crippen LogP) is 3.73. The highest BCUT2D eigenvalue weighted by atomic mass is 32.2. The van der Waals surface area contributed by atoms with Crippen molar-refractivity contribution < 1.29 is 9.26 Å². The Morgan fingerprint density at radius 1 is 1.33 bits per heavy atom. The zero-order valence-electron chi connectivity index (χ0n) is 13.6. The molecule has 3 rings (SSSR count). The second-order valence-electron chi connectivity index (χ2n) is 5.12. The first-order valence-corrected chi connectivity index (χ1v) is 8.44. The molecule has 6 nitrogen and oxygen atoms in total. The highest BCUT2D eigenvalue weighted by Gasteiger charge is 2.17. The molecule has 0 aliphatic carbocycles. The minimum Gasteiger partial charge on any atom is -0.496 e. The Labute approximate surface area is 144 Å². The molecule has 0 amide bonds. The lowest BCUT2D eigenvalue weighted by Gasteiger charge is -2.10. The Hall–Kier alpha value is -2.54. The number of ether oxygens (including phenoxy) is 1. The van der Waals surface area contributed by atoms with Crippen LogP contribution in [0.3, 0.4) is 0 Å². The van der Waals surface area contributed by atoms with E-state index in [0.29, 0.717) is 12.3 Å². The van der Waals surface area contributed by atoms with Gasteiger partial charge in [0.25, 0.3) is 0 Å². The number of methoxy groups -OCH3 is 1. The van der Waals surface area contributed by atoms with Gasteiger partial charge < -0.3 is 9.26 Å². The van der Waals surface area contributed by atoms with Gasteiger partial charge in [0, 0.05) is 18.4 Å². The van der Waals surface area contributed by atoms with Gasteiger partial charge in [-0.15, -0.1) is 16.8 Å². The van der Waals surface area contributed by atoms with Crippen LogP contribution in [-0.2, 0) is 12.3 Å². The zero-order valence-corrected chi connectivity index (χ0v) is 14.4. The number of aromatic nitrogens is 4. The molecule has 0 radical (unpaired) electrons. The van der Waals surface area contributed by atoms with Crippen LogP contribution < -0.4 is 4.74 Å². The van der Waals surface area contributed by atoms with Gasteiger partial charge in [-0.2, -0.15) is 0 Å². The molecule has 0 aliphatic heterocycles. The maximum atomic E-state index is 5.44. The van der Waals surface area contributed by atoms with Crippen LogP contribution in [0, 0.1) is 6.92 Å². The van der Waals surface area contributed by atoms with Crippen molar-refractivity contribution in [2.75, 3.05) is 7.11 Å². The Morgan fingerprint density at radius 3 is 2.88 bits per heavy atom. The minimum atomic E-state index is 0.612. The molecule has 0 N–H and O–H groups in total. The lowest BCUT2D eigenvalue weighted by atomic mass is 10.2. The molecular formula is C17H18N4O2S. The molecule has 0 bridgehead atoms. The number of hydrogen-bond acceptors (Lipinski definition) is 6.